The number of rotatable bonds is 1. The van der Waals surface area contributed by atoms with Crippen LogP contribution in [0.3, 0.4) is 0 Å². The molecule has 1 aromatic heterocycles. The van der Waals surface area contributed by atoms with Crippen LogP contribution in [0.5, 0.6) is 0 Å². The van der Waals surface area contributed by atoms with Crippen LogP contribution in [0.1, 0.15) is 5.56 Å². The van der Waals surface area contributed by atoms with Crippen molar-refractivity contribution in [3.8, 4) is 11.3 Å². The molecular formula is C10H10BrN3. The van der Waals surface area contributed by atoms with Crippen molar-refractivity contribution < 1.29 is 0 Å². The maximum Gasteiger partial charge on any atom is 0.145 e. The number of anilines is 1. The second-order valence-electron chi connectivity index (χ2n) is 3.17. The lowest BCUT2D eigenvalue weighted by Gasteiger charge is -2.02. The van der Waals surface area contributed by atoms with Gasteiger partial charge in [-0.3, -0.25) is 5.10 Å². The zero-order chi connectivity index (χ0) is 10.1. The number of nitrogen functional groups attached to an aromatic ring is 1. The summed E-state index contributed by atoms with van der Waals surface area (Å²) in [6.07, 6.45) is 0. The van der Waals surface area contributed by atoms with E-state index in [9.17, 15) is 0 Å². The maximum atomic E-state index is 5.55. The van der Waals surface area contributed by atoms with E-state index in [1.165, 1.54) is 5.56 Å². The number of nitrogens with two attached hydrogens (primary N) is 1. The summed E-state index contributed by atoms with van der Waals surface area (Å²) in [5, 5.41) is 6.80. The van der Waals surface area contributed by atoms with E-state index in [0.717, 1.165) is 15.7 Å². The first-order valence-electron chi connectivity index (χ1n) is 4.24. The number of hydrogen-bond donors (Lipinski definition) is 2. The maximum absolute atomic E-state index is 5.55. The number of aryl methyl sites for hydroxylation is 1. The zero-order valence-corrected chi connectivity index (χ0v) is 9.30. The average molecular weight is 252 g/mol. The Kier molecular flexibility index (Phi) is 2.29. The van der Waals surface area contributed by atoms with Gasteiger partial charge in [-0.25, -0.2) is 0 Å². The average Bonchev–Trinajstić information content (AvgIpc) is 2.56. The van der Waals surface area contributed by atoms with Crippen LogP contribution in [0.25, 0.3) is 11.3 Å². The highest BCUT2D eigenvalue weighted by Crippen LogP contribution is 2.25. The van der Waals surface area contributed by atoms with Crippen LogP contribution < -0.4 is 5.73 Å². The molecule has 2 aromatic rings. The molecule has 0 spiro atoms. The van der Waals surface area contributed by atoms with Crippen molar-refractivity contribution >= 4 is 21.7 Å². The van der Waals surface area contributed by atoms with Crippen LogP contribution in [-0.2, 0) is 0 Å². The molecule has 14 heavy (non-hydrogen) atoms. The van der Waals surface area contributed by atoms with Crippen molar-refractivity contribution in [1.82, 2.24) is 10.2 Å². The molecule has 3 nitrogen and oxygen atoms in total. The van der Waals surface area contributed by atoms with E-state index in [2.05, 4.69) is 39.1 Å². The molecule has 0 aliphatic heterocycles. The molecule has 1 aromatic carbocycles. The van der Waals surface area contributed by atoms with Crippen LogP contribution in [-0.4, -0.2) is 10.2 Å². The Morgan fingerprint density at radius 1 is 1.36 bits per heavy atom. The molecular weight excluding hydrogens is 242 g/mol. The lowest BCUT2D eigenvalue weighted by Crippen LogP contribution is -1.83. The molecule has 0 saturated carbocycles. The highest BCUT2D eigenvalue weighted by Gasteiger charge is 2.04. The Morgan fingerprint density at radius 3 is 2.79 bits per heavy atom. The first kappa shape index (κ1) is 9.27. The summed E-state index contributed by atoms with van der Waals surface area (Å²) in [6, 6.07) is 7.94. The lowest BCUT2D eigenvalue weighted by atomic mass is 10.1. The molecule has 0 amide bonds. The number of nitrogens with one attached hydrogen (secondary N) is 1. The van der Waals surface area contributed by atoms with E-state index in [0.29, 0.717) is 5.82 Å². The van der Waals surface area contributed by atoms with Crippen LogP contribution in [0.2, 0.25) is 0 Å². The number of hydrogen-bond acceptors (Lipinski definition) is 2. The second-order valence-corrected chi connectivity index (χ2v) is 4.08. The molecule has 0 radical (unpaired) electrons. The summed E-state index contributed by atoms with van der Waals surface area (Å²) in [7, 11) is 0. The van der Waals surface area contributed by atoms with Crippen LogP contribution in [0.4, 0.5) is 5.82 Å². The third-order valence-corrected chi connectivity index (χ3v) is 2.58. The highest BCUT2D eigenvalue weighted by molar-refractivity contribution is 9.10. The van der Waals surface area contributed by atoms with Crippen molar-refractivity contribution in [3.05, 3.63) is 34.3 Å². The summed E-state index contributed by atoms with van der Waals surface area (Å²) < 4.78 is 1.05. The van der Waals surface area contributed by atoms with Gasteiger partial charge < -0.3 is 5.73 Å². The van der Waals surface area contributed by atoms with Gasteiger partial charge in [-0.1, -0.05) is 22.0 Å². The molecule has 4 heteroatoms. The number of aromatic amines is 1. The summed E-state index contributed by atoms with van der Waals surface area (Å²) in [4.78, 5) is 0. The Hall–Kier alpha value is -1.29. The Bertz CT molecular complexity index is 462. The normalized spacial score (nSPS) is 10.4. The van der Waals surface area contributed by atoms with E-state index in [1.807, 2.05) is 18.2 Å². The number of halogens is 1. The van der Waals surface area contributed by atoms with E-state index >= 15 is 0 Å². The molecule has 0 aliphatic rings. The summed E-state index contributed by atoms with van der Waals surface area (Å²) >= 11 is 3.43. The molecule has 0 aliphatic carbocycles. The predicted octanol–water partition coefficient (Wildman–Crippen LogP) is 2.73. The Morgan fingerprint density at radius 2 is 2.14 bits per heavy atom. The molecule has 0 fully saturated rings. The van der Waals surface area contributed by atoms with E-state index in [1.54, 1.807) is 0 Å². The first-order chi connectivity index (χ1) is 6.66. The molecule has 0 unspecified atom stereocenters. The summed E-state index contributed by atoms with van der Waals surface area (Å²) in [5.74, 6) is 0.513. The topological polar surface area (TPSA) is 54.7 Å². The number of benzene rings is 1. The standard InChI is InChI=1S/C10H10BrN3/c1-6-2-3-7(11)4-8(6)9-5-10(12)14-13-9/h2-5H,1H3,(H3,12,13,14). The molecule has 72 valence electrons. The van der Waals surface area contributed by atoms with Gasteiger partial charge in [0.1, 0.15) is 5.82 Å². The quantitative estimate of drug-likeness (QED) is 0.819. The highest BCUT2D eigenvalue weighted by atomic mass is 79.9. The van der Waals surface area contributed by atoms with Gasteiger partial charge in [-0.15, -0.1) is 0 Å². The van der Waals surface area contributed by atoms with Gasteiger partial charge in [-0.05, 0) is 24.6 Å². The van der Waals surface area contributed by atoms with Crippen molar-refractivity contribution in [2.75, 3.05) is 5.73 Å². The Balaban J connectivity index is 2.55. The van der Waals surface area contributed by atoms with E-state index in [4.69, 9.17) is 5.73 Å². The molecule has 0 atom stereocenters. The first-order valence-corrected chi connectivity index (χ1v) is 5.03. The largest absolute Gasteiger partial charge is 0.382 e. The fourth-order valence-electron chi connectivity index (χ4n) is 1.36. The van der Waals surface area contributed by atoms with Crippen LogP contribution in [0.15, 0.2) is 28.7 Å². The minimum absolute atomic E-state index is 0.513. The van der Waals surface area contributed by atoms with E-state index < -0.39 is 0 Å². The minimum Gasteiger partial charge on any atom is -0.382 e. The molecule has 1 heterocycles. The van der Waals surface area contributed by atoms with Crippen molar-refractivity contribution in [1.29, 1.82) is 0 Å². The molecule has 0 bridgehead atoms. The van der Waals surface area contributed by atoms with Crippen molar-refractivity contribution in [2.45, 2.75) is 6.92 Å². The van der Waals surface area contributed by atoms with Gasteiger partial charge in [0, 0.05) is 16.1 Å². The second kappa shape index (κ2) is 3.46. The van der Waals surface area contributed by atoms with Gasteiger partial charge in [0.15, 0.2) is 0 Å². The van der Waals surface area contributed by atoms with Gasteiger partial charge in [-0.2, -0.15) is 5.10 Å². The van der Waals surface area contributed by atoms with Crippen LogP contribution in [0, 0.1) is 6.92 Å². The zero-order valence-electron chi connectivity index (χ0n) is 7.71. The smallest absolute Gasteiger partial charge is 0.145 e. The molecule has 3 N–H and O–H groups in total. The monoisotopic (exact) mass is 251 g/mol. The summed E-state index contributed by atoms with van der Waals surface area (Å²) in [6.45, 7) is 2.05. The summed E-state index contributed by atoms with van der Waals surface area (Å²) in [5.41, 5.74) is 8.80. The van der Waals surface area contributed by atoms with Crippen LogP contribution >= 0.6 is 15.9 Å². The number of H-pyrrole nitrogens is 1. The van der Waals surface area contributed by atoms with Gasteiger partial charge in [0.2, 0.25) is 0 Å². The van der Waals surface area contributed by atoms with Gasteiger partial charge in [0.25, 0.3) is 0 Å². The Labute approximate surface area is 90.5 Å². The third kappa shape index (κ3) is 1.65. The minimum atomic E-state index is 0.513. The van der Waals surface area contributed by atoms with Gasteiger partial charge >= 0.3 is 0 Å². The molecule has 0 saturated heterocycles. The third-order valence-electron chi connectivity index (χ3n) is 2.09. The molecule has 2 rings (SSSR count). The predicted molar refractivity (Wildman–Crippen MR) is 60.9 cm³/mol. The number of nitrogens with zero attached hydrogens (tertiary/aromatic N) is 1. The lowest BCUT2D eigenvalue weighted by molar-refractivity contribution is 1.10. The number of aromatic nitrogens is 2. The van der Waals surface area contributed by atoms with Crippen molar-refractivity contribution in [3.63, 3.8) is 0 Å². The van der Waals surface area contributed by atoms with Gasteiger partial charge in [0.05, 0.1) is 5.69 Å². The van der Waals surface area contributed by atoms with Crippen molar-refractivity contribution in [2.24, 2.45) is 0 Å². The fourth-order valence-corrected chi connectivity index (χ4v) is 1.72. The fraction of sp³-hybridized carbons (Fsp3) is 0.100. The van der Waals surface area contributed by atoms with E-state index in [-0.39, 0.29) is 0 Å². The SMILES string of the molecule is Cc1ccc(Br)cc1-c1cc(N)n[nH]1.